The summed E-state index contributed by atoms with van der Waals surface area (Å²) in [4.78, 5) is 45.2. The van der Waals surface area contributed by atoms with Crippen LogP contribution in [-0.2, 0) is 22.6 Å². The van der Waals surface area contributed by atoms with Crippen LogP contribution in [0.1, 0.15) is 27.9 Å². The van der Waals surface area contributed by atoms with Crippen molar-refractivity contribution in [2.24, 2.45) is 17.6 Å². The van der Waals surface area contributed by atoms with Crippen LogP contribution in [0, 0.1) is 11.8 Å². The van der Waals surface area contributed by atoms with Gasteiger partial charge in [0.1, 0.15) is 22.8 Å². The fraction of sp³-hybridized carbons (Fsp3) is 0.273. The smallest absolute Gasteiger partial charge is 0.255 e. The van der Waals surface area contributed by atoms with Crippen LogP contribution in [0.3, 0.4) is 0 Å². The highest BCUT2D eigenvalue weighted by Gasteiger charge is 2.63. The molecular formula is C33H32N4O7. The van der Waals surface area contributed by atoms with Gasteiger partial charge in [0.2, 0.25) is 5.78 Å². The number of benzene rings is 2. The molecule has 3 aliphatic rings. The van der Waals surface area contributed by atoms with Crippen LogP contribution < -0.4 is 11.1 Å². The lowest BCUT2D eigenvalue weighted by Crippen LogP contribution is -2.63. The zero-order chi connectivity index (χ0) is 31.5. The summed E-state index contributed by atoms with van der Waals surface area (Å²) in [5.74, 6) is -6.74. The number of aliphatic hydroxyl groups is 3. The number of pyridine rings is 1. The number of nitrogens with one attached hydrogen (secondary N) is 1. The van der Waals surface area contributed by atoms with Gasteiger partial charge in [0.05, 0.1) is 17.3 Å². The minimum Gasteiger partial charge on any atom is -0.510 e. The van der Waals surface area contributed by atoms with Crippen molar-refractivity contribution in [3.8, 4) is 16.9 Å². The molecule has 3 aromatic rings. The molecule has 3 aliphatic carbocycles. The molecule has 0 fully saturated rings. The average molecular weight is 597 g/mol. The van der Waals surface area contributed by atoms with Gasteiger partial charge in [-0.05, 0) is 73.3 Å². The number of carbonyl (C=O) groups excluding carboxylic acids is 3. The molecule has 1 aromatic heterocycles. The molecule has 0 unspecified atom stereocenters. The molecule has 11 heteroatoms. The van der Waals surface area contributed by atoms with Gasteiger partial charge in [-0.1, -0.05) is 30.3 Å². The Bertz CT molecular complexity index is 1760. The maximum Gasteiger partial charge on any atom is 0.255 e. The minimum atomic E-state index is -2.67. The summed E-state index contributed by atoms with van der Waals surface area (Å²) in [5, 5.41) is 48.3. The van der Waals surface area contributed by atoms with Crippen molar-refractivity contribution >= 4 is 23.2 Å². The van der Waals surface area contributed by atoms with E-state index in [0.29, 0.717) is 12.1 Å². The first-order valence-electron chi connectivity index (χ1n) is 14.2. The molecule has 0 radical (unpaired) electrons. The average Bonchev–Trinajstić information content (AvgIpc) is 2.98. The van der Waals surface area contributed by atoms with Crippen LogP contribution in [0.2, 0.25) is 0 Å². The molecule has 0 saturated heterocycles. The fourth-order valence-corrected chi connectivity index (χ4v) is 6.99. The summed E-state index contributed by atoms with van der Waals surface area (Å²) >= 11 is 0. The number of carbonyl (C=O) groups is 3. The van der Waals surface area contributed by atoms with Gasteiger partial charge in [0.25, 0.3) is 5.91 Å². The third-order valence-corrected chi connectivity index (χ3v) is 9.03. The Morgan fingerprint density at radius 3 is 2.45 bits per heavy atom. The van der Waals surface area contributed by atoms with E-state index in [2.05, 4.69) is 10.3 Å². The molecule has 0 saturated carbocycles. The number of rotatable bonds is 6. The largest absolute Gasteiger partial charge is 0.510 e. The molecule has 2 aromatic carbocycles. The maximum absolute atomic E-state index is 14.0. The number of likely N-dealkylation sites (N-methyl/N-ethyl adjacent to an activating group) is 1. The number of allylic oxidation sites excluding steroid dienone is 1. The van der Waals surface area contributed by atoms with E-state index in [-0.39, 0.29) is 29.7 Å². The zero-order valence-electron chi connectivity index (χ0n) is 24.1. The molecule has 1 heterocycles. The van der Waals surface area contributed by atoms with Crippen LogP contribution in [-0.4, -0.2) is 73.5 Å². The number of primary amides is 1. The molecule has 11 nitrogen and oxygen atoms in total. The quantitative estimate of drug-likeness (QED) is 0.231. The number of nitrogens with zero attached hydrogens (tertiary/aromatic N) is 2. The maximum atomic E-state index is 14.0. The van der Waals surface area contributed by atoms with Gasteiger partial charge in [0.15, 0.2) is 11.4 Å². The Hall–Kier alpha value is -5.00. The number of ketones is 2. The number of anilines is 1. The van der Waals surface area contributed by atoms with Crippen molar-refractivity contribution in [2.75, 3.05) is 19.4 Å². The molecule has 44 heavy (non-hydrogen) atoms. The first-order chi connectivity index (χ1) is 20.9. The lowest BCUT2D eigenvalue weighted by Gasteiger charge is -2.50. The van der Waals surface area contributed by atoms with Crippen LogP contribution in [0.5, 0.6) is 5.75 Å². The van der Waals surface area contributed by atoms with Crippen molar-refractivity contribution in [3.63, 3.8) is 0 Å². The highest BCUT2D eigenvalue weighted by Crippen LogP contribution is 2.53. The summed E-state index contributed by atoms with van der Waals surface area (Å²) in [7, 11) is 3.19. The number of fused-ring (bicyclic) bond motifs is 3. The van der Waals surface area contributed by atoms with Gasteiger partial charge in [-0.3, -0.25) is 24.3 Å². The predicted octanol–water partition coefficient (Wildman–Crippen LogP) is 2.79. The Morgan fingerprint density at radius 1 is 1.09 bits per heavy atom. The topological polar surface area (TPSA) is 186 Å². The number of hydrogen-bond acceptors (Lipinski definition) is 10. The Morgan fingerprint density at radius 2 is 1.82 bits per heavy atom. The van der Waals surface area contributed by atoms with Crippen molar-refractivity contribution < 1.29 is 34.8 Å². The summed E-state index contributed by atoms with van der Waals surface area (Å²) in [6, 6.07) is 13.6. The Balaban J connectivity index is 1.40. The van der Waals surface area contributed by atoms with E-state index in [1.807, 2.05) is 36.4 Å². The lowest BCUT2D eigenvalue weighted by molar-refractivity contribution is -0.148. The molecule has 0 bridgehead atoms. The monoisotopic (exact) mass is 596 g/mol. The van der Waals surface area contributed by atoms with Crippen LogP contribution in [0.25, 0.3) is 11.1 Å². The molecule has 226 valence electrons. The molecule has 1 amide bonds. The van der Waals surface area contributed by atoms with E-state index in [9.17, 15) is 34.8 Å². The number of aromatic nitrogens is 1. The molecule has 7 N–H and O–H groups in total. The van der Waals surface area contributed by atoms with E-state index >= 15 is 0 Å². The number of aromatic hydroxyl groups is 1. The number of Topliss-reactive ketones (excluding diaryl/α,β-unsaturated/α-hetero) is 2. The van der Waals surface area contributed by atoms with E-state index in [0.717, 1.165) is 22.4 Å². The Labute approximate surface area is 253 Å². The first-order valence-corrected chi connectivity index (χ1v) is 14.2. The van der Waals surface area contributed by atoms with Gasteiger partial charge in [-0.25, -0.2) is 0 Å². The van der Waals surface area contributed by atoms with Crippen molar-refractivity contribution in [3.05, 3.63) is 100 Å². The van der Waals surface area contributed by atoms with E-state index < -0.39 is 58.0 Å². The second kappa shape index (κ2) is 10.6. The van der Waals surface area contributed by atoms with Gasteiger partial charge >= 0.3 is 0 Å². The van der Waals surface area contributed by atoms with Crippen molar-refractivity contribution in [1.82, 2.24) is 9.88 Å². The standard InChI is InChI=1S/C33H32N4O7/c1-37(2)27-22-13-18-12-21-20(17-7-5-16(6-8-17)14-36-19-4-3-11-35-15-19)9-10-23(38)25(21)28(39)24(18)30(41)33(22,44)31(42)26(29(27)40)32(34)43/h3-11,15,18,22,27,36,38,40-41,44H,12-14H2,1-2H3,(H2,34,43)/t18-,22-,27-,33-/m0/s1. The SMILES string of the molecule is CN(C)[C@@H]1C(O)=C(C(N)=O)C(=O)[C@@]2(O)C(O)=C3C(=O)c4c(O)ccc(-c5ccc(CNc6cccnc6)cc5)c4C[C@H]3C[C@@H]12. The van der Waals surface area contributed by atoms with Gasteiger partial charge in [-0.2, -0.15) is 0 Å². The first kappa shape index (κ1) is 29.1. The molecule has 0 spiro atoms. The van der Waals surface area contributed by atoms with Gasteiger partial charge in [0, 0.05) is 30.4 Å². The number of phenolic OH excluding ortho intramolecular Hbond substituents is 1. The number of nitrogens with two attached hydrogens (primary N) is 1. The lowest BCUT2D eigenvalue weighted by atomic mass is 9.58. The molecular weight excluding hydrogens is 564 g/mol. The normalized spacial score (nSPS) is 24.6. The Kier molecular flexibility index (Phi) is 7.02. The van der Waals surface area contributed by atoms with Gasteiger partial charge in [-0.15, -0.1) is 0 Å². The highest BCUT2D eigenvalue weighted by atomic mass is 16.3. The van der Waals surface area contributed by atoms with Crippen molar-refractivity contribution in [1.29, 1.82) is 0 Å². The second-order valence-corrected chi connectivity index (χ2v) is 11.7. The van der Waals surface area contributed by atoms with E-state index in [1.54, 1.807) is 32.6 Å². The van der Waals surface area contributed by atoms with Crippen LogP contribution in [0.4, 0.5) is 5.69 Å². The van der Waals surface area contributed by atoms with Crippen LogP contribution in [0.15, 0.2) is 83.6 Å². The van der Waals surface area contributed by atoms with E-state index in [1.165, 1.54) is 11.0 Å². The molecule has 4 atom stereocenters. The van der Waals surface area contributed by atoms with E-state index in [4.69, 9.17) is 5.73 Å². The predicted molar refractivity (Wildman–Crippen MR) is 161 cm³/mol. The summed E-state index contributed by atoms with van der Waals surface area (Å²) in [5.41, 5.74) is 5.70. The third-order valence-electron chi connectivity index (χ3n) is 9.03. The fourth-order valence-electron chi connectivity index (χ4n) is 6.99. The minimum absolute atomic E-state index is 0.0226. The van der Waals surface area contributed by atoms with Crippen molar-refractivity contribution in [2.45, 2.75) is 31.0 Å². The van der Waals surface area contributed by atoms with Gasteiger partial charge < -0.3 is 31.5 Å². The highest BCUT2D eigenvalue weighted by molar-refractivity contribution is 6.24. The number of hydrogen-bond donors (Lipinski definition) is 6. The summed E-state index contributed by atoms with van der Waals surface area (Å²) < 4.78 is 0. The summed E-state index contributed by atoms with van der Waals surface area (Å²) in [6.07, 6.45) is 3.67. The second-order valence-electron chi connectivity index (χ2n) is 11.7. The number of amides is 1. The van der Waals surface area contributed by atoms with Crippen LogP contribution >= 0.6 is 0 Å². The molecule has 0 aliphatic heterocycles. The number of aliphatic hydroxyl groups excluding tert-OH is 2. The zero-order valence-corrected chi connectivity index (χ0v) is 24.1. The summed E-state index contributed by atoms with van der Waals surface area (Å²) in [6.45, 7) is 0.572. The third kappa shape index (κ3) is 4.35. The molecule has 6 rings (SSSR count). The number of phenols is 1.